The standard InChI is InChI=1S/C25H18ClN3O/c1-2-19-13-9-10-16-21(19)27-24-25(30)29(17-18-11-5-3-6-12-18)22(23(26)28-24)20-14-7-4-8-15-20/h1,3-16H,17H2,(H,27,28). The lowest BCUT2D eigenvalue weighted by molar-refractivity contribution is 0.761. The van der Waals surface area contributed by atoms with Crippen LogP contribution in [0.25, 0.3) is 11.3 Å². The fourth-order valence-corrected chi connectivity index (χ4v) is 3.55. The third-order valence-corrected chi connectivity index (χ3v) is 4.95. The summed E-state index contributed by atoms with van der Waals surface area (Å²) < 4.78 is 1.64. The molecule has 5 heteroatoms. The molecule has 3 aromatic carbocycles. The van der Waals surface area contributed by atoms with Crippen molar-refractivity contribution in [2.45, 2.75) is 6.54 Å². The summed E-state index contributed by atoms with van der Waals surface area (Å²) in [6.07, 6.45) is 5.58. The first-order chi connectivity index (χ1) is 14.7. The number of terminal acetylenes is 1. The molecule has 4 aromatic rings. The van der Waals surface area contributed by atoms with Crippen molar-refractivity contribution in [3.05, 3.63) is 112 Å². The molecular formula is C25H18ClN3O. The van der Waals surface area contributed by atoms with Crippen molar-refractivity contribution in [2.24, 2.45) is 0 Å². The molecular weight excluding hydrogens is 394 g/mol. The molecule has 0 aliphatic rings. The fraction of sp³-hybridized carbons (Fsp3) is 0.0400. The van der Waals surface area contributed by atoms with Gasteiger partial charge >= 0.3 is 0 Å². The number of aromatic nitrogens is 2. The van der Waals surface area contributed by atoms with Crippen LogP contribution in [0.1, 0.15) is 11.1 Å². The van der Waals surface area contributed by atoms with Gasteiger partial charge in [0.25, 0.3) is 5.56 Å². The maximum Gasteiger partial charge on any atom is 0.294 e. The number of nitrogens with one attached hydrogen (secondary N) is 1. The molecule has 0 radical (unpaired) electrons. The van der Waals surface area contributed by atoms with E-state index < -0.39 is 0 Å². The Balaban J connectivity index is 1.88. The molecule has 30 heavy (non-hydrogen) atoms. The average Bonchev–Trinajstić information content (AvgIpc) is 2.79. The van der Waals surface area contributed by atoms with E-state index in [1.54, 1.807) is 16.7 Å². The third-order valence-electron chi connectivity index (χ3n) is 4.69. The van der Waals surface area contributed by atoms with Gasteiger partial charge in [-0.25, -0.2) is 4.98 Å². The molecule has 4 rings (SSSR count). The smallest absolute Gasteiger partial charge is 0.294 e. The average molecular weight is 412 g/mol. The maximum absolute atomic E-state index is 13.5. The lowest BCUT2D eigenvalue weighted by atomic mass is 10.1. The predicted octanol–water partition coefficient (Wildman–Crippen LogP) is 5.34. The van der Waals surface area contributed by atoms with Crippen LogP contribution in [0, 0.1) is 12.3 Å². The summed E-state index contributed by atoms with van der Waals surface area (Å²) in [5, 5.41) is 3.30. The van der Waals surface area contributed by atoms with Gasteiger partial charge in [-0.1, -0.05) is 90.3 Å². The number of rotatable bonds is 5. The molecule has 1 heterocycles. The summed E-state index contributed by atoms with van der Waals surface area (Å²) in [5.41, 5.74) is 3.35. The Morgan fingerprint density at radius 3 is 2.27 bits per heavy atom. The van der Waals surface area contributed by atoms with Crippen LogP contribution >= 0.6 is 11.6 Å². The van der Waals surface area contributed by atoms with E-state index >= 15 is 0 Å². The van der Waals surface area contributed by atoms with E-state index in [0.29, 0.717) is 23.5 Å². The van der Waals surface area contributed by atoms with E-state index in [4.69, 9.17) is 18.0 Å². The zero-order valence-electron chi connectivity index (χ0n) is 16.0. The highest BCUT2D eigenvalue weighted by molar-refractivity contribution is 6.32. The van der Waals surface area contributed by atoms with Crippen molar-refractivity contribution < 1.29 is 0 Å². The second-order valence-electron chi connectivity index (χ2n) is 6.66. The molecule has 0 bridgehead atoms. The van der Waals surface area contributed by atoms with Gasteiger partial charge < -0.3 is 5.32 Å². The minimum absolute atomic E-state index is 0.123. The van der Waals surface area contributed by atoms with Crippen LogP contribution < -0.4 is 10.9 Å². The molecule has 1 aromatic heterocycles. The topological polar surface area (TPSA) is 46.9 Å². The Morgan fingerprint density at radius 2 is 1.57 bits per heavy atom. The largest absolute Gasteiger partial charge is 0.335 e. The second kappa shape index (κ2) is 8.69. The zero-order chi connectivity index (χ0) is 20.9. The lowest BCUT2D eigenvalue weighted by Crippen LogP contribution is -2.26. The minimum atomic E-state index is -0.283. The van der Waals surface area contributed by atoms with Crippen LogP contribution in [-0.4, -0.2) is 9.55 Å². The van der Waals surface area contributed by atoms with Crippen molar-refractivity contribution in [1.29, 1.82) is 0 Å². The maximum atomic E-state index is 13.5. The van der Waals surface area contributed by atoms with Gasteiger partial charge in [-0.3, -0.25) is 9.36 Å². The van der Waals surface area contributed by atoms with Gasteiger partial charge in [0.2, 0.25) is 0 Å². The predicted molar refractivity (Wildman–Crippen MR) is 122 cm³/mol. The van der Waals surface area contributed by atoms with Crippen LogP contribution in [0.5, 0.6) is 0 Å². The normalized spacial score (nSPS) is 10.4. The molecule has 0 unspecified atom stereocenters. The Kier molecular flexibility index (Phi) is 5.65. The van der Waals surface area contributed by atoms with Crippen molar-refractivity contribution in [1.82, 2.24) is 9.55 Å². The van der Waals surface area contributed by atoms with Crippen molar-refractivity contribution in [3.8, 4) is 23.6 Å². The Morgan fingerprint density at radius 1 is 0.933 bits per heavy atom. The number of nitrogens with zero attached hydrogens (tertiary/aromatic N) is 2. The zero-order valence-corrected chi connectivity index (χ0v) is 16.8. The number of halogens is 1. The molecule has 4 nitrogen and oxygen atoms in total. The van der Waals surface area contributed by atoms with E-state index in [1.165, 1.54) is 0 Å². The number of hydrogen-bond acceptors (Lipinski definition) is 3. The van der Waals surface area contributed by atoms with Gasteiger partial charge in [0.1, 0.15) is 0 Å². The van der Waals surface area contributed by atoms with Crippen LogP contribution in [0.2, 0.25) is 5.15 Å². The molecule has 0 saturated carbocycles. The number of hydrogen-bond donors (Lipinski definition) is 1. The molecule has 0 fully saturated rings. The lowest BCUT2D eigenvalue weighted by Gasteiger charge is -2.17. The minimum Gasteiger partial charge on any atom is -0.335 e. The number of anilines is 2. The summed E-state index contributed by atoms with van der Waals surface area (Å²) >= 11 is 6.60. The summed E-state index contributed by atoms with van der Waals surface area (Å²) in [5.74, 6) is 2.73. The first-order valence-electron chi connectivity index (χ1n) is 9.39. The second-order valence-corrected chi connectivity index (χ2v) is 7.02. The summed E-state index contributed by atoms with van der Waals surface area (Å²) in [6, 6.07) is 26.6. The Labute approximate surface area is 179 Å². The highest BCUT2D eigenvalue weighted by Crippen LogP contribution is 2.28. The van der Waals surface area contributed by atoms with E-state index in [0.717, 1.165) is 11.1 Å². The first-order valence-corrected chi connectivity index (χ1v) is 9.77. The summed E-state index contributed by atoms with van der Waals surface area (Å²) in [4.78, 5) is 17.8. The van der Waals surface area contributed by atoms with Gasteiger partial charge in [0.05, 0.1) is 17.9 Å². The van der Waals surface area contributed by atoms with Crippen LogP contribution in [-0.2, 0) is 6.54 Å². The molecule has 0 spiro atoms. The van der Waals surface area contributed by atoms with Crippen LogP contribution in [0.3, 0.4) is 0 Å². The molecule has 0 aliphatic carbocycles. The van der Waals surface area contributed by atoms with Gasteiger partial charge in [-0.05, 0) is 17.7 Å². The van der Waals surface area contributed by atoms with Crippen LogP contribution in [0.15, 0.2) is 89.7 Å². The monoisotopic (exact) mass is 411 g/mol. The van der Waals surface area contributed by atoms with E-state index in [2.05, 4.69) is 16.2 Å². The van der Waals surface area contributed by atoms with E-state index in [9.17, 15) is 4.79 Å². The highest BCUT2D eigenvalue weighted by Gasteiger charge is 2.18. The quantitative estimate of drug-likeness (QED) is 0.451. The summed E-state index contributed by atoms with van der Waals surface area (Å²) in [7, 11) is 0. The van der Waals surface area contributed by atoms with Crippen molar-refractivity contribution >= 4 is 23.1 Å². The molecule has 0 amide bonds. The van der Waals surface area contributed by atoms with Gasteiger partial charge in [-0.2, -0.15) is 0 Å². The molecule has 0 aliphatic heterocycles. The third kappa shape index (κ3) is 3.98. The first kappa shape index (κ1) is 19.5. The summed E-state index contributed by atoms with van der Waals surface area (Å²) in [6.45, 7) is 0.359. The number of para-hydroxylation sites is 1. The van der Waals surface area contributed by atoms with Gasteiger partial charge in [0, 0.05) is 11.1 Å². The molecule has 0 atom stereocenters. The fourth-order valence-electron chi connectivity index (χ4n) is 3.25. The van der Waals surface area contributed by atoms with E-state index in [1.807, 2.05) is 72.8 Å². The molecule has 0 saturated heterocycles. The Hall–Kier alpha value is -3.81. The van der Waals surface area contributed by atoms with E-state index in [-0.39, 0.29) is 16.5 Å². The van der Waals surface area contributed by atoms with Gasteiger partial charge in [-0.15, -0.1) is 6.42 Å². The number of benzene rings is 3. The van der Waals surface area contributed by atoms with Crippen molar-refractivity contribution in [3.63, 3.8) is 0 Å². The van der Waals surface area contributed by atoms with Gasteiger partial charge in [0.15, 0.2) is 11.0 Å². The molecule has 146 valence electrons. The highest BCUT2D eigenvalue weighted by atomic mass is 35.5. The van der Waals surface area contributed by atoms with Crippen molar-refractivity contribution in [2.75, 3.05) is 5.32 Å². The van der Waals surface area contributed by atoms with Crippen LogP contribution in [0.4, 0.5) is 11.5 Å². The molecule has 1 N–H and O–H groups in total. The Bertz CT molecular complexity index is 1280. The SMILES string of the molecule is C#Cc1ccccc1Nc1nc(Cl)c(-c2ccccc2)n(Cc2ccccc2)c1=O.